The average molecular weight is 389 g/mol. The molecule has 0 radical (unpaired) electrons. The number of carbonyl (C=O) groups excluding carboxylic acids is 2. The van der Waals surface area contributed by atoms with Crippen LogP contribution < -0.4 is 14.8 Å². The van der Waals surface area contributed by atoms with Gasteiger partial charge < -0.3 is 19.7 Å². The van der Waals surface area contributed by atoms with Crippen LogP contribution in [0.15, 0.2) is 24.3 Å². The molecule has 2 fully saturated rings. The fourth-order valence-electron chi connectivity index (χ4n) is 4.10. The number of para-hydroxylation sites is 2. The number of hydrogen-bond donors (Lipinski definition) is 1. The molecule has 6 heteroatoms. The van der Waals surface area contributed by atoms with Crippen molar-refractivity contribution in [1.29, 1.82) is 0 Å². The molecule has 1 aliphatic carbocycles. The summed E-state index contributed by atoms with van der Waals surface area (Å²) >= 11 is 0. The summed E-state index contributed by atoms with van der Waals surface area (Å²) in [6.07, 6.45) is 8.63. The maximum absolute atomic E-state index is 12.6. The average Bonchev–Trinajstić information content (AvgIpc) is 3.01. The minimum atomic E-state index is -0.0477. The Bertz CT molecular complexity index is 648. The molecule has 1 aromatic rings. The Morgan fingerprint density at radius 2 is 1.64 bits per heavy atom. The normalized spacial score (nSPS) is 19.0. The van der Waals surface area contributed by atoms with Crippen LogP contribution >= 0.6 is 0 Å². The van der Waals surface area contributed by atoms with Crippen molar-refractivity contribution in [2.75, 3.05) is 26.8 Å². The number of piperidine rings is 1. The molecular formula is C22H32N2O4. The highest BCUT2D eigenvalue weighted by Gasteiger charge is 2.28. The highest BCUT2D eigenvalue weighted by Crippen LogP contribution is 2.26. The van der Waals surface area contributed by atoms with E-state index >= 15 is 0 Å². The summed E-state index contributed by atoms with van der Waals surface area (Å²) in [5, 5.41) is 3.25. The summed E-state index contributed by atoms with van der Waals surface area (Å²) in [6, 6.07) is 7.64. The van der Waals surface area contributed by atoms with Gasteiger partial charge in [0.05, 0.1) is 7.11 Å². The third kappa shape index (κ3) is 5.63. The second kappa shape index (κ2) is 10.3. The fraction of sp³-hybridized carbons (Fsp3) is 0.636. The van der Waals surface area contributed by atoms with Gasteiger partial charge in [0, 0.05) is 25.0 Å². The molecule has 2 amide bonds. The van der Waals surface area contributed by atoms with Gasteiger partial charge >= 0.3 is 0 Å². The zero-order valence-electron chi connectivity index (χ0n) is 16.8. The molecule has 1 aromatic carbocycles. The van der Waals surface area contributed by atoms with Crippen LogP contribution in [-0.2, 0) is 9.59 Å². The number of nitrogens with one attached hydrogen (secondary N) is 1. The van der Waals surface area contributed by atoms with Crippen LogP contribution in [0.2, 0.25) is 0 Å². The highest BCUT2D eigenvalue weighted by atomic mass is 16.5. The first kappa shape index (κ1) is 20.5. The van der Waals surface area contributed by atoms with Crippen molar-refractivity contribution in [3.05, 3.63) is 24.3 Å². The van der Waals surface area contributed by atoms with E-state index < -0.39 is 0 Å². The van der Waals surface area contributed by atoms with E-state index in [1.165, 1.54) is 25.7 Å². The monoisotopic (exact) mass is 388 g/mol. The molecule has 2 aliphatic rings. The van der Waals surface area contributed by atoms with E-state index in [2.05, 4.69) is 5.32 Å². The number of hydrogen-bond acceptors (Lipinski definition) is 4. The summed E-state index contributed by atoms with van der Waals surface area (Å²) in [7, 11) is 1.58. The molecule has 1 saturated heterocycles. The number of nitrogens with zero attached hydrogens (tertiary/aromatic N) is 1. The van der Waals surface area contributed by atoms with E-state index in [0.29, 0.717) is 30.6 Å². The first-order valence-corrected chi connectivity index (χ1v) is 10.5. The van der Waals surface area contributed by atoms with E-state index in [1.807, 2.05) is 12.1 Å². The Morgan fingerprint density at radius 1 is 1.00 bits per heavy atom. The zero-order valence-corrected chi connectivity index (χ0v) is 16.8. The van der Waals surface area contributed by atoms with Gasteiger partial charge in [0.15, 0.2) is 18.1 Å². The van der Waals surface area contributed by atoms with Crippen LogP contribution in [0.1, 0.15) is 51.4 Å². The summed E-state index contributed by atoms with van der Waals surface area (Å²) in [5.74, 6) is 1.32. The van der Waals surface area contributed by atoms with Crippen molar-refractivity contribution in [2.45, 2.75) is 57.4 Å². The summed E-state index contributed by atoms with van der Waals surface area (Å²) in [5.41, 5.74) is 0. The number of rotatable bonds is 6. The van der Waals surface area contributed by atoms with Gasteiger partial charge in [-0.1, -0.05) is 37.8 Å². The van der Waals surface area contributed by atoms with Gasteiger partial charge in [-0.3, -0.25) is 9.59 Å². The maximum Gasteiger partial charge on any atom is 0.260 e. The molecule has 0 unspecified atom stereocenters. The standard InChI is InChI=1S/C22H32N2O4/c1-27-19-10-6-7-11-20(19)28-16-21(25)24-14-12-17(13-15-24)22(26)23-18-8-4-2-3-5-9-18/h6-7,10-11,17-18H,2-5,8-9,12-16H2,1H3,(H,23,26). The molecular weight excluding hydrogens is 356 g/mol. The number of amides is 2. The summed E-state index contributed by atoms with van der Waals surface area (Å²) in [6.45, 7) is 1.20. The number of ether oxygens (including phenoxy) is 2. The molecule has 6 nitrogen and oxygen atoms in total. The minimum absolute atomic E-state index is 0.0146. The van der Waals surface area contributed by atoms with Crippen molar-refractivity contribution in [1.82, 2.24) is 10.2 Å². The first-order valence-electron chi connectivity index (χ1n) is 10.5. The smallest absolute Gasteiger partial charge is 0.260 e. The second-order valence-electron chi connectivity index (χ2n) is 7.79. The Morgan fingerprint density at radius 3 is 2.29 bits per heavy atom. The molecule has 154 valence electrons. The Labute approximate surface area is 167 Å². The van der Waals surface area contributed by atoms with Gasteiger partial charge in [-0.2, -0.15) is 0 Å². The number of carbonyl (C=O) groups is 2. The van der Waals surface area contributed by atoms with Crippen molar-refractivity contribution in [3.63, 3.8) is 0 Å². The molecule has 0 aromatic heterocycles. The quantitative estimate of drug-likeness (QED) is 0.760. The van der Waals surface area contributed by atoms with Gasteiger partial charge in [-0.05, 0) is 37.8 Å². The molecule has 28 heavy (non-hydrogen) atoms. The van der Waals surface area contributed by atoms with Crippen molar-refractivity contribution >= 4 is 11.8 Å². The first-order chi connectivity index (χ1) is 13.7. The minimum Gasteiger partial charge on any atom is -0.493 e. The number of benzene rings is 1. The lowest BCUT2D eigenvalue weighted by Crippen LogP contribution is -2.46. The third-order valence-corrected chi connectivity index (χ3v) is 5.84. The zero-order chi connectivity index (χ0) is 19.8. The molecule has 1 aliphatic heterocycles. The summed E-state index contributed by atoms with van der Waals surface area (Å²) in [4.78, 5) is 26.8. The summed E-state index contributed by atoms with van der Waals surface area (Å²) < 4.78 is 10.9. The van der Waals surface area contributed by atoms with Gasteiger partial charge in [-0.25, -0.2) is 0 Å². The fourth-order valence-corrected chi connectivity index (χ4v) is 4.10. The van der Waals surface area contributed by atoms with Gasteiger partial charge in [0.1, 0.15) is 0 Å². The van der Waals surface area contributed by atoms with Crippen LogP contribution in [0.4, 0.5) is 0 Å². The molecule has 1 heterocycles. The molecule has 1 N–H and O–H groups in total. The lowest BCUT2D eigenvalue weighted by atomic mass is 9.95. The van der Waals surface area contributed by atoms with E-state index in [-0.39, 0.29) is 24.3 Å². The highest BCUT2D eigenvalue weighted by molar-refractivity contribution is 5.80. The Kier molecular flexibility index (Phi) is 7.57. The molecule has 0 spiro atoms. The van der Waals surface area contributed by atoms with Crippen LogP contribution in [-0.4, -0.2) is 49.6 Å². The second-order valence-corrected chi connectivity index (χ2v) is 7.79. The van der Waals surface area contributed by atoms with Crippen LogP contribution in [0.25, 0.3) is 0 Å². The van der Waals surface area contributed by atoms with E-state index in [4.69, 9.17) is 9.47 Å². The largest absolute Gasteiger partial charge is 0.493 e. The lowest BCUT2D eigenvalue weighted by Gasteiger charge is -2.32. The number of likely N-dealkylation sites (tertiary alicyclic amines) is 1. The van der Waals surface area contributed by atoms with E-state index in [0.717, 1.165) is 25.7 Å². The third-order valence-electron chi connectivity index (χ3n) is 5.84. The maximum atomic E-state index is 12.6. The van der Waals surface area contributed by atoms with Crippen LogP contribution in [0.5, 0.6) is 11.5 Å². The van der Waals surface area contributed by atoms with E-state index in [9.17, 15) is 9.59 Å². The van der Waals surface area contributed by atoms with Gasteiger partial charge in [-0.15, -0.1) is 0 Å². The molecule has 3 rings (SSSR count). The lowest BCUT2D eigenvalue weighted by molar-refractivity contribution is -0.137. The van der Waals surface area contributed by atoms with E-state index in [1.54, 1.807) is 24.1 Å². The van der Waals surface area contributed by atoms with Crippen molar-refractivity contribution < 1.29 is 19.1 Å². The SMILES string of the molecule is COc1ccccc1OCC(=O)N1CCC(C(=O)NC2CCCCCC2)CC1. The van der Waals surface area contributed by atoms with Gasteiger partial charge in [0.2, 0.25) is 5.91 Å². The molecule has 0 bridgehead atoms. The number of methoxy groups -OCH3 is 1. The molecule has 0 atom stereocenters. The van der Waals surface area contributed by atoms with Crippen LogP contribution in [0.3, 0.4) is 0 Å². The van der Waals surface area contributed by atoms with Crippen molar-refractivity contribution in [2.24, 2.45) is 5.92 Å². The van der Waals surface area contributed by atoms with Crippen molar-refractivity contribution in [3.8, 4) is 11.5 Å². The van der Waals surface area contributed by atoms with Crippen LogP contribution in [0, 0.1) is 5.92 Å². The Balaban J connectivity index is 1.41. The topological polar surface area (TPSA) is 67.9 Å². The van der Waals surface area contributed by atoms with Gasteiger partial charge in [0.25, 0.3) is 5.91 Å². The predicted octanol–water partition coefficient (Wildman–Crippen LogP) is 3.15. The Hall–Kier alpha value is -2.24. The predicted molar refractivity (Wildman–Crippen MR) is 107 cm³/mol. The molecule has 1 saturated carbocycles.